The molecule has 7 rings (SSSR count). The van der Waals surface area contributed by atoms with Gasteiger partial charge in [-0.1, -0.05) is 48.5 Å². The standard InChI is InChI=1S/C53H69N15O10/c1-30(69)43-16-9-21-67(43)52(78)44-17-10-22-68(44)51(77)42-28-59-45(71)19-18-38(61-31(2)70)47(73)65-41(25-34-27-56-29-60-34)50(76)63-39(23-32-11-4-3-5-12-32)48(74)62-37(15-8-20-57-53(54)55)46(72)64-40(49(75)66-42)24-33-26-58-36-14-7-6-13-35(33)36/h3-7,11-14,26-27,29,37-44,58H,8-10,15-25,28H2,1-2H3,(H,56,60)(H,59,71)(H,61,70)(H,62,74)(H,63,76)(H,64,72)(H,65,73)(H,66,75)(H4,54,55,57)/t37-,38-,39+,40-,41-,42-,43-,44-/m0/s1. The largest absolute Gasteiger partial charge is 0.370 e. The van der Waals surface area contributed by atoms with E-state index < -0.39 is 114 Å². The Bertz CT molecular complexity index is 2850. The van der Waals surface area contributed by atoms with Gasteiger partial charge in [-0.15, -0.1) is 0 Å². The average Bonchev–Trinajstić information content (AvgIpc) is 4.29. The quantitative estimate of drug-likeness (QED) is 0.0385. The number of H-pyrrole nitrogens is 2. The number of fused-ring (bicyclic) bond motifs is 1. The van der Waals surface area contributed by atoms with E-state index in [0.29, 0.717) is 42.6 Å². The topological polar surface area (TPSA) is 370 Å². The molecule has 3 saturated heterocycles. The Morgan fingerprint density at radius 3 is 1.99 bits per heavy atom. The number of para-hydroxylation sites is 1. The van der Waals surface area contributed by atoms with Crippen LogP contribution in [0.1, 0.15) is 82.0 Å². The van der Waals surface area contributed by atoms with Crippen LogP contribution in [0, 0.1) is 0 Å². The highest BCUT2D eigenvalue weighted by molar-refractivity contribution is 5.99. The number of aliphatic imine (C=N–C) groups is 1. The van der Waals surface area contributed by atoms with Crippen LogP contribution in [0.25, 0.3) is 10.9 Å². The molecule has 416 valence electrons. The summed E-state index contributed by atoms with van der Waals surface area (Å²) in [6.07, 6.45) is 5.26. The zero-order valence-electron chi connectivity index (χ0n) is 43.7. The fraction of sp³-hybridized carbons (Fsp3) is 0.472. The summed E-state index contributed by atoms with van der Waals surface area (Å²) < 4.78 is 0. The van der Waals surface area contributed by atoms with Crippen molar-refractivity contribution in [1.82, 2.24) is 62.0 Å². The van der Waals surface area contributed by atoms with Crippen molar-refractivity contribution in [3.8, 4) is 0 Å². The third kappa shape index (κ3) is 15.3. The van der Waals surface area contributed by atoms with Gasteiger partial charge in [-0.3, -0.25) is 52.9 Å². The zero-order valence-corrected chi connectivity index (χ0v) is 43.7. The highest BCUT2D eigenvalue weighted by Gasteiger charge is 2.44. The number of nitrogens with two attached hydrogens (primary N) is 2. The third-order valence-electron chi connectivity index (χ3n) is 14.1. The van der Waals surface area contributed by atoms with Crippen LogP contribution >= 0.6 is 0 Å². The van der Waals surface area contributed by atoms with Gasteiger partial charge >= 0.3 is 0 Å². The van der Waals surface area contributed by atoms with Gasteiger partial charge in [-0.25, -0.2) is 4.98 Å². The molecule has 0 aliphatic carbocycles. The van der Waals surface area contributed by atoms with Crippen molar-refractivity contribution >= 4 is 75.8 Å². The van der Waals surface area contributed by atoms with Crippen molar-refractivity contribution in [2.24, 2.45) is 16.5 Å². The maximum atomic E-state index is 15.0. The Labute approximate surface area is 450 Å². The number of hydrogen-bond donors (Lipinski definition) is 11. The van der Waals surface area contributed by atoms with E-state index in [-0.39, 0.29) is 69.8 Å². The second-order valence-corrected chi connectivity index (χ2v) is 19.9. The van der Waals surface area contributed by atoms with E-state index in [1.807, 2.05) is 18.2 Å². The number of guanidine groups is 1. The average molecular weight is 1080 g/mol. The van der Waals surface area contributed by atoms with Gasteiger partial charge < -0.3 is 68.5 Å². The van der Waals surface area contributed by atoms with Gasteiger partial charge in [0, 0.05) is 87.8 Å². The summed E-state index contributed by atoms with van der Waals surface area (Å²) in [7, 11) is 0. The van der Waals surface area contributed by atoms with Crippen molar-refractivity contribution in [3.63, 3.8) is 0 Å². The summed E-state index contributed by atoms with van der Waals surface area (Å²) in [5, 5.41) is 19.8. The second-order valence-electron chi connectivity index (χ2n) is 19.9. The molecule has 5 heterocycles. The molecule has 0 unspecified atom stereocenters. The molecule has 9 amide bonds. The molecule has 0 radical (unpaired) electrons. The molecular formula is C53H69N15O10. The first-order valence-corrected chi connectivity index (χ1v) is 26.2. The highest BCUT2D eigenvalue weighted by Crippen LogP contribution is 2.26. The lowest BCUT2D eigenvalue weighted by molar-refractivity contribution is -0.147. The van der Waals surface area contributed by atoms with Crippen molar-refractivity contribution < 1.29 is 47.9 Å². The summed E-state index contributed by atoms with van der Waals surface area (Å²) in [5.74, 6) is -7.02. The SMILES string of the molecule is CC(=O)N[C@H]1CCC(=O)NC[C@@H](C(=O)N2CCC[C@H]2C(=O)N2CCC[C@H]2C(C)=O)NC(=O)[C@H](Cc2c[nH]c3ccccc23)NC(=O)[C@H](CCCN=C(N)N)NC(=O)[C@@H](Cc2ccccc2)NC(=O)[C@H](Cc2cnc[nH]2)NC1=O. The van der Waals surface area contributed by atoms with Gasteiger partial charge in [0.15, 0.2) is 11.7 Å². The number of aromatic nitrogens is 3. The van der Waals surface area contributed by atoms with E-state index in [2.05, 4.69) is 57.2 Å². The molecular weight excluding hydrogens is 1010 g/mol. The summed E-state index contributed by atoms with van der Waals surface area (Å²) in [5.41, 5.74) is 13.6. The lowest BCUT2D eigenvalue weighted by Crippen LogP contribution is -2.61. The molecule has 13 N–H and O–H groups in total. The summed E-state index contributed by atoms with van der Waals surface area (Å²) in [4.78, 5) is 158. The lowest BCUT2D eigenvalue weighted by Gasteiger charge is -2.33. The van der Waals surface area contributed by atoms with Crippen LogP contribution in [-0.2, 0) is 67.2 Å². The maximum absolute atomic E-state index is 15.0. The Morgan fingerprint density at radius 2 is 1.31 bits per heavy atom. The van der Waals surface area contributed by atoms with Crippen LogP contribution in [0.15, 0.2) is 78.3 Å². The molecule has 4 aromatic rings. The molecule has 3 fully saturated rings. The van der Waals surface area contributed by atoms with Crippen LogP contribution in [-0.4, -0.2) is 164 Å². The Morgan fingerprint density at radius 1 is 0.692 bits per heavy atom. The van der Waals surface area contributed by atoms with Crippen LogP contribution in [0.2, 0.25) is 0 Å². The third-order valence-corrected chi connectivity index (χ3v) is 14.1. The highest BCUT2D eigenvalue weighted by atomic mass is 16.2. The van der Waals surface area contributed by atoms with E-state index in [4.69, 9.17) is 11.5 Å². The molecule has 2 aromatic heterocycles. The minimum absolute atomic E-state index is 0.0442. The smallest absolute Gasteiger partial charge is 0.247 e. The minimum Gasteiger partial charge on any atom is -0.370 e. The van der Waals surface area contributed by atoms with Gasteiger partial charge in [0.25, 0.3) is 0 Å². The Balaban J connectivity index is 1.28. The number of Topliss-reactive ketones (excluding diaryl/α,β-unsaturated/α-hetero) is 1. The summed E-state index contributed by atoms with van der Waals surface area (Å²) >= 11 is 0. The normalized spacial score (nSPS) is 24.1. The Kier molecular flexibility index (Phi) is 19.7. The fourth-order valence-electron chi connectivity index (χ4n) is 10.2. The van der Waals surface area contributed by atoms with Gasteiger partial charge in [0.2, 0.25) is 53.2 Å². The van der Waals surface area contributed by atoms with Gasteiger partial charge in [-0.2, -0.15) is 0 Å². The van der Waals surface area contributed by atoms with E-state index >= 15 is 4.79 Å². The predicted molar refractivity (Wildman–Crippen MR) is 284 cm³/mol. The molecule has 25 heteroatoms. The number of likely N-dealkylation sites (tertiary alicyclic amines) is 2. The van der Waals surface area contributed by atoms with Gasteiger partial charge in [-0.05, 0) is 69.1 Å². The predicted octanol–water partition coefficient (Wildman–Crippen LogP) is -1.62. The number of ketones is 1. The minimum atomic E-state index is -1.54. The summed E-state index contributed by atoms with van der Waals surface area (Å²) in [6.45, 7) is 2.55. The second kappa shape index (κ2) is 26.9. The van der Waals surface area contributed by atoms with E-state index in [0.717, 1.165) is 10.9 Å². The number of carbonyl (C=O) groups excluding carboxylic acids is 10. The van der Waals surface area contributed by atoms with Crippen molar-refractivity contribution in [2.45, 2.75) is 133 Å². The molecule has 78 heavy (non-hydrogen) atoms. The number of aromatic amines is 2. The van der Waals surface area contributed by atoms with Crippen LogP contribution in [0.3, 0.4) is 0 Å². The molecule has 0 saturated carbocycles. The Hall–Kier alpha value is -8.64. The first-order chi connectivity index (χ1) is 37.4. The zero-order chi connectivity index (χ0) is 55.9. The molecule has 8 atom stereocenters. The van der Waals surface area contributed by atoms with Crippen LogP contribution in [0.5, 0.6) is 0 Å². The molecule has 3 aliphatic rings. The number of imidazole rings is 1. The molecule has 2 aromatic carbocycles. The van der Waals surface area contributed by atoms with Crippen LogP contribution < -0.4 is 48.7 Å². The monoisotopic (exact) mass is 1080 g/mol. The van der Waals surface area contributed by atoms with Gasteiger partial charge in [0.1, 0.15) is 42.3 Å². The number of amides is 9. The summed E-state index contributed by atoms with van der Waals surface area (Å²) in [6, 6.07) is 5.84. The van der Waals surface area contributed by atoms with E-state index in [9.17, 15) is 43.2 Å². The first kappa shape index (κ1) is 57.1. The number of hydrogen-bond acceptors (Lipinski definition) is 12. The van der Waals surface area contributed by atoms with Crippen molar-refractivity contribution in [3.05, 3.63) is 90.1 Å². The first-order valence-electron chi connectivity index (χ1n) is 26.2. The number of benzene rings is 2. The number of nitrogens with one attached hydrogen (secondary N) is 9. The molecule has 0 bridgehead atoms. The van der Waals surface area contributed by atoms with Crippen LogP contribution in [0.4, 0.5) is 0 Å². The molecule has 25 nitrogen and oxygen atoms in total. The number of carbonyl (C=O) groups is 10. The van der Waals surface area contributed by atoms with Crippen molar-refractivity contribution in [1.29, 1.82) is 0 Å². The maximum Gasteiger partial charge on any atom is 0.247 e. The number of nitrogens with zero attached hydrogens (tertiary/aromatic N) is 4. The van der Waals surface area contributed by atoms with E-state index in [1.54, 1.807) is 42.6 Å². The van der Waals surface area contributed by atoms with Crippen molar-refractivity contribution in [2.75, 3.05) is 26.2 Å². The fourth-order valence-corrected chi connectivity index (χ4v) is 10.2. The van der Waals surface area contributed by atoms with E-state index in [1.165, 1.54) is 36.2 Å². The lowest BCUT2D eigenvalue weighted by atomic mass is 10.0. The molecule has 0 spiro atoms. The molecule has 3 aliphatic heterocycles. The number of rotatable bonds is 14. The van der Waals surface area contributed by atoms with Gasteiger partial charge in [0.05, 0.1) is 12.4 Å².